The number of nitrogens with one attached hydrogen (secondary N) is 2. The summed E-state index contributed by atoms with van der Waals surface area (Å²) in [6, 6.07) is 11.2. The van der Waals surface area contributed by atoms with Crippen molar-refractivity contribution in [3.8, 4) is 11.5 Å². The van der Waals surface area contributed by atoms with Crippen LogP contribution in [0.25, 0.3) is 0 Å². The van der Waals surface area contributed by atoms with E-state index in [-0.39, 0.29) is 19.8 Å². The Morgan fingerprint density at radius 2 is 1.86 bits per heavy atom. The van der Waals surface area contributed by atoms with Gasteiger partial charge in [-0.25, -0.2) is 13.8 Å². The van der Waals surface area contributed by atoms with E-state index >= 15 is 0 Å². The second kappa shape index (κ2) is 12.0. The van der Waals surface area contributed by atoms with Crippen molar-refractivity contribution >= 4 is 29.1 Å². The average Bonchev–Trinajstić information content (AvgIpc) is 3.66. The standard InChI is InChI=1S/C29H30F2N4O6S/c1-16-25(42-17(2)33-16)27(38)34-20(10-18-6-4-3-5-7-18)24(36)28(39)35-14-29(30,31)12-21(35)26(37)32-13-19-8-9-22-23(11-19)41-15-40-22/h3-9,11,20-21,24,36H,10,12-15H2,1-2H3,(H,32,37)(H,34,38). The van der Waals surface area contributed by atoms with Crippen LogP contribution < -0.4 is 20.1 Å². The molecule has 3 aromatic rings. The van der Waals surface area contributed by atoms with Crippen LogP contribution in [0.4, 0.5) is 8.78 Å². The number of aryl methyl sites for hydroxylation is 2. The fourth-order valence-electron chi connectivity index (χ4n) is 5.07. The second-order valence-corrected chi connectivity index (χ2v) is 11.5. The van der Waals surface area contributed by atoms with Gasteiger partial charge in [-0.05, 0) is 43.5 Å². The smallest absolute Gasteiger partial charge is 0.267 e. The molecule has 1 saturated heterocycles. The summed E-state index contributed by atoms with van der Waals surface area (Å²) in [5.74, 6) is -4.69. The lowest BCUT2D eigenvalue weighted by Crippen LogP contribution is -2.55. The highest BCUT2D eigenvalue weighted by molar-refractivity contribution is 7.13. The SMILES string of the molecule is Cc1nc(C)c(C(=O)NC(Cc2ccccc2)C(O)C(=O)N2CC(F)(F)CC2C(=O)NCc2ccc3c(c2)OCO3)s1. The molecule has 1 aromatic heterocycles. The molecule has 0 radical (unpaired) electrons. The Morgan fingerprint density at radius 1 is 1.12 bits per heavy atom. The number of nitrogens with zero attached hydrogens (tertiary/aromatic N) is 2. The van der Waals surface area contributed by atoms with Gasteiger partial charge in [0.1, 0.15) is 10.9 Å². The molecule has 13 heteroatoms. The quantitative estimate of drug-likeness (QED) is 0.345. The van der Waals surface area contributed by atoms with E-state index in [0.29, 0.717) is 43.1 Å². The number of fused-ring (bicyclic) bond motifs is 1. The van der Waals surface area contributed by atoms with Crippen molar-refractivity contribution in [2.75, 3.05) is 13.3 Å². The summed E-state index contributed by atoms with van der Waals surface area (Å²) < 4.78 is 39.8. The van der Waals surface area contributed by atoms with Crippen molar-refractivity contribution in [3.63, 3.8) is 0 Å². The van der Waals surface area contributed by atoms with Gasteiger partial charge in [0, 0.05) is 13.0 Å². The predicted octanol–water partition coefficient (Wildman–Crippen LogP) is 2.74. The van der Waals surface area contributed by atoms with Crippen molar-refractivity contribution in [2.45, 2.75) is 57.3 Å². The van der Waals surface area contributed by atoms with Crippen LogP contribution in [0.2, 0.25) is 0 Å². The number of halogens is 2. The summed E-state index contributed by atoms with van der Waals surface area (Å²) in [7, 11) is 0. The van der Waals surface area contributed by atoms with Crippen LogP contribution in [-0.4, -0.2) is 70.2 Å². The number of rotatable bonds is 9. The maximum Gasteiger partial charge on any atom is 0.267 e. The predicted molar refractivity (Wildman–Crippen MR) is 148 cm³/mol. The molecule has 3 N–H and O–H groups in total. The Hall–Kier alpha value is -4.10. The number of benzene rings is 2. The highest BCUT2D eigenvalue weighted by Crippen LogP contribution is 2.34. The number of alkyl halides is 2. The van der Waals surface area contributed by atoms with Crippen LogP contribution in [0.1, 0.15) is 37.9 Å². The van der Waals surface area contributed by atoms with Crippen molar-refractivity contribution in [1.82, 2.24) is 20.5 Å². The fraction of sp³-hybridized carbons (Fsp3) is 0.379. The first-order valence-corrected chi connectivity index (χ1v) is 14.1. The minimum atomic E-state index is -3.34. The Kier molecular flexibility index (Phi) is 8.41. The molecule has 3 heterocycles. The van der Waals surface area contributed by atoms with Crippen molar-refractivity contribution < 1.29 is 37.7 Å². The zero-order chi connectivity index (χ0) is 30.0. The first-order chi connectivity index (χ1) is 20.0. The number of aliphatic hydroxyl groups excluding tert-OH is 1. The van der Waals surface area contributed by atoms with E-state index in [2.05, 4.69) is 15.6 Å². The number of carbonyl (C=O) groups is 3. The molecular weight excluding hydrogens is 570 g/mol. The van der Waals surface area contributed by atoms with Gasteiger partial charge < -0.3 is 30.1 Å². The number of aliphatic hydroxyl groups is 1. The van der Waals surface area contributed by atoms with E-state index in [1.807, 2.05) is 0 Å². The number of amides is 3. The minimum absolute atomic E-state index is 0.00242. The highest BCUT2D eigenvalue weighted by atomic mass is 32.1. The van der Waals surface area contributed by atoms with Gasteiger partial charge in [-0.1, -0.05) is 36.4 Å². The average molecular weight is 601 g/mol. The second-order valence-electron chi connectivity index (χ2n) is 10.3. The number of carbonyl (C=O) groups excluding carboxylic acids is 3. The molecule has 5 rings (SSSR count). The van der Waals surface area contributed by atoms with E-state index in [9.17, 15) is 28.3 Å². The Morgan fingerprint density at radius 3 is 2.57 bits per heavy atom. The maximum atomic E-state index is 14.6. The van der Waals surface area contributed by atoms with E-state index in [0.717, 1.165) is 11.3 Å². The lowest BCUT2D eigenvalue weighted by Gasteiger charge is -2.30. The summed E-state index contributed by atoms with van der Waals surface area (Å²) in [6.07, 6.45) is -2.75. The molecule has 3 atom stereocenters. The minimum Gasteiger partial charge on any atom is -0.454 e. The number of aromatic nitrogens is 1. The molecule has 3 unspecified atom stereocenters. The van der Waals surface area contributed by atoms with Gasteiger partial charge in [0.25, 0.3) is 17.7 Å². The largest absolute Gasteiger partial charge is 0.454 e. The van der Waals surface area contributed by atoms with E-state index in [4.69, 9.17) is 9.47 Å². The molecule has 0 aliphatic carbocycles. The molecular formula is C29H30F2N4O6S. The summed E-state index contributed by atoms with van der Waals surface area (Å²) >= 11 is 1.16. The Bertz CT molecular complexity index is 1480. The topological polar surface area (TPSA) is 130 Å². The van der Waals surface area contributed by atoms with Gasteiger partial charge >= 0.3 is 0 Å². The van der Waals surface area contributed by atoms with E-state index < -0.39 is 54.8 Å². The number of likely N-dealkylation sites (tertiary alicyclic amines) is 1. The maximum absolute atomic E-state index is 14.6. The zero-order valence-corrected chi connectivity index (χ0v) is 23.7. The molecule has 42 heavy (non-hydrogen) atoms. The van der Waals surface area contributed by atoms with Crippen LogP contribution >= 0.6 is 11.3 Å². The number of thiazole rings is 1. The molecule has 2 aromatic carbocycles. The molecule has 3 amide bonds. The van der Waals surface area contributed by atoms with Gasteiger partial charge in [0.15, 0.2) is 17.6 Å². The summed E-state index contributed by atoms with van der Waals surface area (Å²) in [5.41, 5.74) is 1.85. The van der Waals surface area contributed by atoms with Crippen molar-refractivity contribution in [3.05, 3.63) is 75.2 Å². The Labute approximate surface area is 244 Å². The van der Waals surface area contributed by atoms with Gasteiger partial charge in [0.05, 0.1) is 23.3 Å². The monoisotopic (exact) mass is 600 g/mol. The van der Waals surface area contributed by atoms with E-state index in [1.165, 1.54) is 0 Å². The third kappa shape index (κ3) is 6.52. The van der Waals surface area contributed by atoms with Gasteiger partial charge in [-0.2, -0.15) is 0 Å². The normalized spacial score (nSPS) is 18.4. The summed E-state index contributed by atoms with van der Waals surface area (Å²) in [6.45, 7) is 2.47. The molecule has 0 bridgehead atoms. The fourth-order valence-corrected chi connectivity index (χ4v) is 5.89. The highest BCUT2D eigenvalue weighted by Gasteiger charge is 2.51. The number of ether oxygens (including phenoxy) is 2. The first kappa shape index (κ1) is 29.4. The van der Waals surface area contributed by atoms with E-state index in [1.54, 1.807) is 62.4 Å². The van der Waals surface area contributed by atoms with Gasteiger partial charge in [-0.3, -0.25) is 14.4 Å². The molecule has 2 aliphatic heterocycles. The van der Waals surface area contributed by atoms with Crippen LogP contribution in [-0.2, 0) is 22.6 Å². The third-order valence-electron chi connectivity index (χ3n) is 7.12. The first-order valence-electron chi connectivity index (χ1n) is 13.3. The number of hydrogen-bond donors (Lipinski definition) is 3. The van der Waals surface area contributed by atoms with Crippen LogP contribution in [0, 0.1) is 13.8 Å². The van der Waals surface area contributed by atoms with Crippen LogP contribution in [0.3, 0.4) is 0 Å². The number of hydrogen-bond acceptors (Lipinski definition) is 8. The van der Waals surface area contributed by atoms with Gasteiger partial charge in [0.2, 0.25) is 12.7 Å². The van der Waals surface area contributed by atoms with Crippen molar-refractivity contribution in [1.29, 1.82) is 0 Å². The molecule has 0 spiro atoms. The van der Waals surface area contributed by atoms with Gasteiger partial charge in [-0.15, -0.1) is 11.3 Å². The van der Waals surface area contributed by atoms with Crippen molar-refractivity contribution in [2.24, 2.45) is 0 Å². The van der Waals surface area contributed by atoms with Crippen LogP contribution in [0.5, 0.6) is 11.5 Å². The summed E-state index contributed by atoms with van der Waals surface area (Å²) in [4.78, 5) is 45.0. The summed E-state index contributed by atoms with van der Waals surface area (Å²) in [5, 5.41) is 17.2. The molecule has 2 aliphatic rings. The molecule has 10 nitrogen and oxygen atoms in total. The lowest BCUT2D eigenvalue weighted by atomic mass is 9.99. The van der Waals surface area contributed by atoms with Crippen LogP contribution in [0.15, 0.2) is 48.5 Å². The molecule has 1 fully saturated rings. The molecule has 222 valence electrons. The third-order valence-corrected chi connectivity index (χ3v) is 8.19. The zero-order valence-electron chi connectivity index (χ0n) is 22.9. The lowest BCUT2D eigenvalue weighted by molar-refractivity contribution is -0.147. The Balaban J connectivity index is 1.32. The molecule has 0 saturated carbocycles.